The molecule has 0 atom stereocenters. The van der Waals surface area contributed by atoms with E-state index in [4.69, 9.17) is 4.74 Å². The van der Waals surface area contributed by atoms with Gasteiger partial charge in [0.05, 0.1) is 7.11 Å². The predicted molar refractivity (Wildman–Crippen MR) is 85.9 cm³/mol. The molecule has 2 rings (SSSR count). The highest BCUT2D eigenvalue weighted by molar-refractivity contribution is 5.47. The van der Waals surface area contributed by atoms with E-state index in [-0.39, 0.29) is 0 Å². The molecule has 0 saturated heterocycles. The highest BCUT2D eigenvalue weighted by atomic mass is 16.5. The molecule has 0 unspecified atom stereocenters. The number of hydrogen-bond donors (Lipinski definition) is 2. The van der Waals surface area contributed by atoms with Crippen molar-refractivity contribution in [2.24, 2.45) is 0 Å². The van der Waals surface area contributed by atoms with Crippen molar-refractivity contribution in [3.8, 4) is 5.75 Å². The van der Waals surface area contributed by atoms with Gasteiger partial charge in [0.15, 0.2) is 0 Å². The fraction of sp³-hybridized carbons (Fsp3) is 0.375. The first kappa shape index (κ1) is 15.1. The summed E-state index contributed by atoms with van der Waals surface area (Å²) in [5.41, 5.74) is 1.18. The molecule has 0 aliphatic rings. The Kier molecular flexibility index (Phi) is 5.37. The minimum atomic E-state index is 0.718. The average Bonchev–Trinajstić information content (AvgIpc) is 2.53. The Morgan fingerprint density at radius 2 is 1.81 bits per heavy atom. The van der Waals surface area contributed by atoms with Crippen LogP contribution in [-0.4, -0.2) is 24.1 Å². The minimum absolute atomic E-state index is 0.718. The summed E-state index contributed by atoms with van der Waals surface area (Å²) in [4.78, 5) is 8.97. The maximum absolute atomic E-state index is 5.16. The Morgan fingerprint density at radius 3 is 2.43 bits per heavy atom. The third-order valence-corrected chi connectivity index (χ3v) is 3.13. The first-order valence-electron chi connectivity index (χ1n) is 7.17. The van der Waals surface area contributed by atoms with Gasteiger partial charge in [-0.1, -0.05) is 19.1 Å². The number of benzene rings is 1. The molecule has 2 N–H and O–H groups in total. The molecule has 1 aromatic heterocycles. The van der Waals surface area contributed by atoms with Crippen LogP contribution in [0.5, 0.6) is 5.75 Å². The highest BCUT2D eigenvalue weighted by Crippen LogP contribution is 2.15. The van der Waals surface area contributed by atoms with E-state index >= 15 is 0 Å². The molecule has 0 bridgehead atoms. The molecule has 2 aromatic rings. The van der Waals surface area contributed by atoms with Gasteiger partial charge in [0.25, 0.3) is 0 Å². The Morgan fingerprint density at radius 1 is 1.10 bits per heavy atom. The molecule has 0 saturated carbocycles. The molecular weight excluding hydrogens is 264 g/mol. The zero-order valence-corrected chi connectivity index (χ0v) is 12.8. The smallest absolute Gasteiger partial charge is 0.133 e. The van der Waals surface area contributed by atoms with Gasteiger partial charge in [-0.05, 0) is 24.1 Å². The second-order valence-corrected chi connectivity index (χ2v) is 4.76. The zero-order chi connectivity index (χ0) is 15.1. The van der Waals surface area contributed by atoms with Gasteiger partial charge in [0.1, 0.15) is 23.2 Å². The van der Waals surface area contributed by atoms with Crippen LogP contribution < -0.4 is 15.4 Å². The van der Waals surface area contributed by atoms with Crippen LogP contribution >= 0.6 is 0 Å². The van der Waals surface area contributed by atoms with Gasteiger partial charge in [0.2, 0.25) is 0 Å². The van der Waals surface area contributed by atoms with Crippen LogP contribution in [-0.2, 0) is 13.0 Å². The molecule has 0 radical (unpaired) electrons. The van der Waals surface area contributed by atoms with E-state index in [9.17, 15) is 0 Å². The molecule has 0 aliphatic heterocycles. The van der Waals surface area contributed by atoms with E-state index in [0.29, 0.717) is 0 Å². The van der Waals surface area contributed by atoms with Crippen LogP contribution in [0, 0.1) is 0 Å². The number of ether oxygens (including phenoxy) is 1. The van der Waals surface area contributed by atoms with Crippen molar-refractivity contribution in [3.63, 3.8) is 0 Å². The fourth-order valence-electron chi connectivity index (χ4n) is 1.99. The summed E-state index contributed by atoms with van der Waals surface area (Å²) < 4.78 is 5.16. The first-order chi connectivity index (χ1) is 10.2. The van der Waals surface area contributed by atoms with Crippen molar-refractivity contribution in [1.82, 2.24) is 9.97 Å². The van der Waals surface area contributed by atoms with Crippen molar-refractivity contribution < 1.29 is 4.74 Å². The van der Waals surface area contributed by atoms with E-state index in [1.807, 2.05) is 37.4 Å². The lowest BCUT2D eigenvalue weighted by Crippen LogP contribution is -2.06. The number of nitrogens with one attached hydrogen (secondary N) is 2. The van der Waals surface area contributed by atoms with Crippen LogP contribution in [0.1, 0.15) is 24.7 Å². The highest BCUT2D eigenvalue weighted by Gasteiger charge is 2.03. The number of nitrogens with zero attached hydrogens (tertiary/aromatic N) is 2. The predicted octanol–water partition coefficient (Wildman–Crippen LogP) is 3.09. The lowest BCUT2D eigenvalue weighted by atomic mass is 10.2. The molecule has 0 spiro atoms. The number of rotatable bonds is 7. The van der Waals surface area contributed by atoms with Crippen molar-refractivity contribution >= 4 is 11.6 Å². The molecule has 0 fully saturated rings. The van der Waals surface area contributed by atoms with Crippen LogP contribution in [0.2, 0.25) is 0 Å². The van der Waals surface area contributed by atoms with Crippen LogP contribution in [0.3, 0.4) is 0 Å². The molecule has 0 amide bonds. The monoisotopic (exact) mass is 286 g/mol. The fourth-order valence-corrected chi connectivity index (χ4v) is 1.99. The summed E-state index contributed by atoms with van der Waals surface area (Å²) in [5.74, 6) is 3.41. The largest absolute Gasteiger partial charge is 0.497 e. The van der Waals surface area contributed by atoms with Gasteiger partial charge < -0.3 is 15.4 Å². The summed E-state index contributed by atoms with van der Waals surface area (Å²) in [6.07, 6.45) is 1.91. The number of hydrogen-bond acceptors (Lipinski definition) is 5. The topological polar surface area (TPSA) is 59.1 Å². The summed E-state index contributed by atoms with van der Waals surface area (Å²) >= 11 is 0. The Hall–Kier alpha value is -2.30. The molecule has 1 heterocycles. The third-order valence-electron chi connectivity index (χ3n) is 3.13. The standard InChI is InChI=1S/C16H22N4O/c1-4-5-14-19-15(17-2)10-16(20-14)18-11-12-6-8-13(21-3)9-7-12/h6-10H,4-5,11H2,1-3H3,(H2,17,18,19,20). The number of methoxy groups -OCH3 is 1. The third kappa shape index (κ3) is 4.34. The molecule has 1 aromatic carbocycles. The molecule has 21 heavy (non-hydrogen) atoms. The Bertz CT molecular complexity index is 569. The number of anilines is 2. The SMILES string of the molecule is CCCc1nc(NC)cc(NCc2ccc(OC)cc2)n1. The second kappa shape index (κ2) is 7.47. The van der Waals surface area contributed by atoms with Crippen molar-refractivity contribution in [2.75, 3.05) is 24.8 Å². The lowest BCUT2D eigenvalue weighted by Gasteiger charge is -2.10. The summed E-state index contributed by atoms with van der Waals surface area (Å²) in [5, 5.41) is 6.41. The Balaban J connectivity index is 2.05. The molecule has 5 nitrogen and oxygen atoms in total. The molecular formula is C16H22N4O. The van der Waals surface area contributed by atoms with Gasteiger partial charge in [-0.15, -0.1) is 0 Å². The minimum Gasteiger partial charge on any atom is -0.497 e. The zero-order valence-electron chi connectivity index (χ0n) is 12.8. The summed E-state index contributed by atoms with van der Waals surface area (Å²) in [7, 11) is 3.54. The van der Waals surface area contributed by atoms with Gasteiger partial charge in [-0.3, -0.25) is 0 Å². The van der Waals surface area contributed by atoms with E-state index in [0.717, 1.165) is 42.6 Å². The first-order valence-corrected chi connectivity index (χ1v) is 7.17. The van der Waals surface area contributed by atoms with E-state index in [2.05, 4.69) is 27.5 Å². The maximum Gasteiger partial charge on any atom is 0.133 e. The molecule has 0 aliphatic carbocycles. The van der Waals surface area contributed by atoms with Crippen molar-refractivity contribution in [2.45, 2.75) is 26.3 Å². The van der Waals surface area contributed by atoms with Gasteiger partial charge in [-0.25, -0.2) is 9.97 Å². The van der Waals surface area contributed by atoms with Gasteiger partial charge in [0, 0.05) is 26.1 Å². The van der Waals surface area contributed by atoms with Gasteiger partial charge >= 0.3 is 0 Å². The second-order valence-electron chi connectivity index (χ2n) is 4.76. The Labute approximate surface area is 125 Å². The maximum atomic E-state index is 5.16. The van der Waals surface area contributed by atoms with Crippen molar-refractivity contribution in [3.05, 3.63) is 41.7 Å². The molecule has 5 heteroatoms. The van der Waals surface area contributed by atoms with Crippen LogP contribution in [0.15, 0.2) is 30.3 Å². The van der Waals surface area contributed by atoms with Crippen LogP contribution in [0.4, 0.5) is 11.6 Å². The van der Waals surface area contributed by atoms with Crippen molar-refractivity contribution in [1.29, 1.82) is 0 Å². The van der Waals surface area contributed by atoms with Crippen LogP contribution in [0.25, 0.3) is 0 Å². The van der Waals surface area contributed by atoms with E-state index in [1.54, 1.807) is 7.11 Å². The van der Waals surface area contributed by atoms with Gasteiger partial charge in [-0.2, -0.15) is 0 Å². The average molecular weight is 286 g/mol. The summed E-state index contributed by atoms with van der Waals surface area (Å²) in [6, 6.07) is 9.91. The van der Waals surface area contributed by atoms with E-state index < -0.39 is 0 Å². The molecule has 112 valence electrons. The lowest BCUT2D eigenvalue weighted by molar-refractivity contribution is 0.414. The normalized spacial score (nSPS) is 10.2. The number of aromatic nitrogens is 2. The summed E-state index contributed by atoms with van der Waals surface area (Å²) in [6.45, 7) is 2.84. The number of aryl methyl sites for hydroxylation is 1. The van der Waals surface area contributed by atoms with E-state index in [1.165, 1.54) is 5.56 Å². The quantitative estimate of drug-likeness (QED) is 0.819.